The number of rotatable bonds is 6. The second-order valence-electron chi connectivity index (χ2n) is 4.66. The molecule has 0 unspecified atom stereocenters. The normalized spacial score (nSPS) is 12.8. The molecule has 1 rings (SSSR count). The zero-order valence-corrected chi connectivity index (χ0v) is 12.6. The molecule has 1 atom stereocenters. The summed E-state index contributed by atoms with van der Waals surface area (Å²) in [7, 11) is -3.08. The van der Waals surface area contributed by atoms with Crippen molar-refractivity contribution in [3.63, 3.8) is 0 Å². The molecule has 0 saturated carbocycles. The maximum atomic E-state index is 11.3. The molecule has 2 N–H and O–H groups in total. The van der Waals surface area contributed by atoms with E-state index < -0.39 is 9.84 Å². The summed E-state index contributed by atoms with van der Waals surface area (Å²) in [5, 5.41) is 0. The predicted octanol–water partition coefficient (Wildman–Crippen LogP) is 2.43. The van der Waals surface area contributed by atoms with Gasteiger partial charge in [-0.1, -0.05) is 19.1 Å². The lowest BCUT2D eigenvalue weighted by Crippen LogP contribution is -2.05. The molecule has 0 aliphatic rings. The fraction of sp³-hybridized carbons (Fsp3) is 0.538. The third-order valence-corrected chi connectivity index (χ3v) is 3.97. The third-order valence-electron chi connectivity index (χ3n) is 2.84. The number of hydrogen-bond acceptors (Lipinski definition) is 3. The van der Waals surface area contributed by atoms with E-state index in [2.05, 4.69) is 6.92 Å². The van der Waals surface area contributed by atoms with Crippen molar-refractivity contribution in [3.8, 4) is 0 Å². The van der Waals surface area contributed by atoms with Crippen molar-refractivity contribution < 1.29 is 8.42 Å². The molecule has 18 heavy (non-hydrogen) atoms. The summed E-state index contributed by atoms with van der Waals surface area (Å²) < 4.78 is 22.6. The van der Waals surface area contributed by atoms with E-state index in [1.165, 1.54) is 11.8 Å². The van der Waals surface area contributed by atoms with Crippen LogP contribution in [-0.2, 0) is 16.3 Å². The molecule has 0 amide bonds. The third kappa shape index (κ3) is 5.85. The summed E-state index contributed by atoms with van der Waals surface area (Å²) in [4.78, 5) is 0.385. The van der Waals surface area contributed by atoms with Gasteiger partial charge < -0.3 is 5.73 Å². The van der Waals surface area contributed by atoms with Gasteiger partial charge in [-0.25, -0.2) is 8.42 Å². The summed E-state index contributed by atoms with van der Waals surface area (Å²) >= 11 is 0. The molecule has 0 radical (unpaired) electrons. The first-order valence-corrected chi connectivity index (χ1v) is 7.81. The largest absolute Gasteiger partial charge is 0.330 e. The molecule has 104 valence electrons. The Morgan fingerprint density at radius 3 is 2.22 bits per heavy atom. The fourth-order valence-electron chi connectivity index (χ4n) is 1.84. The van der Waals surface area contributed by atoms with Crippen molar-refractivity contribution in [2.24, 2.45) is 11.7 Å². The van der Waals surface area contributed by atoms with Gasteiger partial charge in [0.1, 0.15) is 0 Å². The lowest BCUT2D eigenvalue weighted by Gasteiger charge is -2.10. The molecule has 5 heteroatoms. The molecule has 0 aliphatic carbocycles. The minimum Gasteiger partial charge on any atom is -0.330 e. The van der Waals surface area contributed by atoms with Gasteiger partial charge in [-0.2, -0.15) is 0 Å². The Balaban J connectivity index is 0.00000289. The van der Waals surface area contributed by atoms with Crippen LogP contribution in [0.25, 0.3) is 0 Å². The minimum absolute atomic E-state index is 0. The van der Waals surface area contributed by atoms with Crippen molar-refractivity contribution in [1.82, 2.24) is 0 Å². The zero-order chi connectivity index (χ0) is 12.9. The van der Waals surface area contributed by atoms with Gasteiger partial charge in [-0.15, -0.1) is 12.4 Å². The highest BCUT2D eigenvalue weighted by Crippen LogP contribution is 2.16. The van der Waals surface area contributed by atoms with Crippen LogP contribution in [0.2, 0.25) is 0 Å². The van der Waals surface area contributed by atoms with Crippen LogP contribution < -0.4 is 5.73 Å². The number of hydrogen-bond donors (Lipinski definition) is 1. The van der Waals surface area contributed by atoms with Crippen molar-refractivity contribution in [2.45, 2.75) is 31.1 Å². The van der Waals surface area contributed by atoms with E-state index in [0.717, 1.165) is 25.8 Å². The van der Waals surface area contributed by atoms with Gasteiger partial charge in [-0.3, -0.25) is 0 Å². The van der Waals surface area contributed by atoms with E-state index in [1.807, 2.05) is 12.1 Å². The van der Waals surface area contributed by atoms with Crippen LogP contribution in [0.4, 0.5) is 0 Å². The van der Waals surface area contributed by atoms with Crippen molar-refractivity contribution >= 4 is 22.2 Å². The van der Waals surface area contributed by atoms with Crippen LogP contribution in [0, 0.1) is 5.92 Å². The molecule has 0 aromatic heterocycles. The Hall–Kier alpha value is -0.580. The molecule has 0 aliphatic heterocycles. The molecule has 0 fully saturated rings. The van der Waals surface area contributed by atoms with E-state index in [-0.39, 0.29) is 12.4 Å². The number of nitrogens with two attached hydrogens (primary N) is 1. The highest BCUT2D eigenvalue weighted by molar-refractivity contribution is 7.90. The summed E-state index contributed by atoms with van der Waals surface area (Å²) in [6.45, 7) is 2.93. The summed E-state index contributed by atoms with van der Waals surface area (Å²) in [6.07, 6.45) is 4.36. The second-order valence-corrected chi connectivity index (χ2v) is 6.67. The molecular weight excluding hydrogens is 270 g/mol. The van der Waals surface area contributed by atoms with Gasteiger partial charge in [0.05, 0.1) is 4.90 Å². The monoisotopic (exact) mass is 291 g/mol. The highest BCUT2D eigenvalue weighted by atomic mass is 35.5. The Labute approximate surface area is 116 Å². The highest BCUT2D eigenvalue weighted by Gasteiger charge is 2.07. The van der Waals surface area contributed by atoms with E-state index >= 15 is 0 Å². The van der Waals surface area contributed by atoms with Gasteiger partial charge >= 0.3 is 0 Å². The van der Waals surface area contributed by atoms with Crippen molar-refractivity contribution in [3.05, 3.63) is 29.8 Å². The Morgan fingerprint density at radius 1 is 1.22 bits per heavy atom. The average molecular weight is 292 g/mol. The molecule has 0 spiro atoms. The quantitative estimate of drug-likeness (QED) is 0.876. The maximum absolute atomic E-state index is 11.3. The van der Waals surface area contributed by atoms with Crippen LogP contribution in [0.3, 0.4) is 0 Å². The molecule has 3 nitrogen and oxygen atoms in total. The molecule has 0 saturated heterocycles. The molecule has 1 aromatic rings. The maximum Gasteiger partial charge on any atom is 0.175 e. The van der Waals surface area contributed by atoms with Crippen LogP contribution >= 0.6 is 12.4 Å². The predicted molar refractivity (Wildman–Crippen MR) is 78.0 cm³/mol. The van der Waals surface area contributed by atoms with Gasteiger partial charge in [0.2, 0.25) is 0 Å². The van der Waals surface area contributed by atoms with Gasteiger partial charge in [0.25, 0.3) is 0 Å². The van der Waals surface area contributed by atoms with Gasteiger partial charge in [-0.05, 0) is 49.4 Å². The Bertz CT molecular complexity index is 443. The van der Waals surface area contributed by atoms with E-state index in [4.69, 9.17) is 5.73 Å². The minimum atomic E-state index is -3.08. The standard InChI is InChI=1S/C13H21NO2S.ClH/c1-11(4-3-9-14)10-12-5-7-13(8-6-12)17(2,15)16;/h5-8,11H,3-4,9-10,14H2,1-2H3;1H/t11-;/m0./s1. The van der Waals surface area contributed by atoms with Crippen LogP contribution in [0.15, 0.2) is 29.2 Å². The van der Waals surface area contributed by atoms with Crippen molar-refractivity contribution in [1.29, 1.82) is 0 Å². The number of halogens is 1. The first-order valence-electron chi connectivity index (χ1n) is 5.92. The Morgan fingerprint density at radius 2 is 1.78 bits per heavy atom. The molecule has 0 heterocycles. The van der Waals surface area contributed by atoms with Crippen LogP contribution in [-0.4, -0.2) is 21.2 Å². The van der Waals surface area contributed by atoms with E-state index in [9.17, 15) is 8.42 Å². The van der Waals surface area contributed by atoms with Crippen LogP contribution in [0.1, 0.15) is 25.3 Å². The van der Waals surface area contributed by atoms with Crippen LogP contribution in [0.5, 0.6) is 0 Å². The zero-order valence-electron chi connectivity index (χ0n) is 10.9. The lowest BCUT2D eigenvalue weighted by molar-refractivity contribution is 0.512. The number of sulfone groups is 1. The van der Waals surface area contributed by atoms with Crippen molar-refractivity contribution in [2.75, 3.05) is 12.8 Å². The first kappa shape index (κ1) is 17.4. The Kier molecular flexibility index (Phi) is 7.52. The molecule has 0 bridgehead atoms. The van der Waals surface area contributed by atoms with E-state index in [1.54, 1.807) is 12.1 Å². The second kappa shape index (κ2) is 7.77. The lowest BCUT2D eigenvalue weighted by atomic mass is 9.97. The van der Waals surface area contributed by atoms with Gasteiger partial charge in [0, 0.05) is 6.26 Å². The summed E-state index contributed by atoms with van der Waals surface area (Å²) in [5.41, 5.74) is 6.65. The fourth-order valence-corrected chi connectivity index (χ4v) is 2.47. The SMILES string of the molecule is C[C@@H](CCCN)Cc1ccc(S(C)(=O)=O)cc1.Cl. The number of benzene rings is 1. The first-order chi connectivity index (χ1) is 7.93. The smallest absolute Gasteiger partial charge is 0.175 e. The molecular formula is C13H22ClNO2S. The average Bonchev–Trinajstić information content (AvgIpc) is 2.26. The van der Waals surface area contributed by atoms with E-state index in [0.29, 0.717) is 10.8 Å². The summed E-state index contributed by atoms with van der Waals surface area (Å²) in [6, 6.07) is 7.16. The summed E-state index contributed by atoms with van der Waals surface area (Å²) in [5.74, 6) is 0.586. The molecule has 1 aromatic carbocycles. The van der Waals surface area contributed by atoms with Gasteiger partial charge in [0.15, 0.2) is 9.84 Å². The topological polar surface area (TPSA) is 60.2 Å².